The number of nitrogens with zero attached hydrogens (tertiary/aromatic N) is 1. The maximum atomic E-state index is 2.62. The second-order valence-corrected chi connectivity index (χ2v) is 6.60. The largest absolute Gasteiger partial charge is 0.298 e. The van der Waals surface area contributed by atoms with Crippen LogP contribution >= 0.6 is 0 Å². The molecule has 0 amide bonds. The first-order valence-corrected chi connectivity index (χ1v) is 8.05. The summed E-state index contributed by atoms with van der Waals surface area (Å²) in [6, 6.07) is 21.9. The zero-order valence-electron chi connectivity index (χ0n) is 13.1. The maximum Gasteiger partial charge on any atom is 0.0234 e. The molecular formula is C20H25N. The minimum absolute atomic E-state index is 0.676. The standard InChI is InChI=1S/C20H25N/c1-16(2)19-14-21(13-17-9-5-3-6-10-17)15-20(19)18-11-7-4-8-12-18/h3-12,16,19-20H,13-15H2,1-2H3/t19-,20-/m1/s1. The van der Waals surface area contributed by atoms with E-state index in [0.29, 0.717) is 5.92 Å². The van der Waals surface area contributed by atoms with Gasteiger partial charge in [-0.25, -0.2) is 0 Å². The SMILES string of the molecule is CC(C)[C@H]1CN(Cc2ccccc2)C[C@@H]1c1ccccc1. The van der Waals surface area contributed by atoms with Crippen molar-refractivity contribution in [2.45, 2.75) is 26.3 Å². The van der Waals surface area contributed by atoms with E-state index in [1.807, 2.05) is 0 Å². The van der Waals surface area contributed by atoms with Crippen LogP contribution in [0.25, 0.3) is 0 Å². The topological polar surface area (TPSA) is 3.24 Å². The molecule has 1 fully saturated rings. The van der Waals surface area contributed by atoms with Gasteiger partial charge in [-0.05, 0) is 23.0 Å². The van der Waals surface area contributed by atoms with Gasteiger partial charge < -0.3 is 0 Å². The molecule has 2 atom stereocenters. The number of hydrogen-bond donors (Lipinski definition) is 0. The third-order valence-electron chi connectivity index (χ3n) is 4.77. The second kappa shape index (κ2) is 6.44. The molecule has 1 nitrogen and oxygen atoms in total. The minimum atomic E-state index is 0.676. The van der Waals surface area contributed by atoms with Gasteiger partial charge in [0.2, 0.25) is 0 Å². The van der Waals surface area contributed by atoms with Crippen LogP contribution in [0.2, 0.25) is 0 Å². The van der Waals surface area contributed by atoms with Gasteiger partial charge in [-0.2, -0.15) is 0 Å². The van der Waals surface area contributed by atoms with E-state index in [2.05, 4.69) is 79.4 Å². The van der Waals surface area contributed by atoms with Crippen molar-refractivity contribution >= 4 is 0 Å². The molecule has 1 heterocycles. The molecule has 0 aromatic heterocycles. The lowest BCUT2D eigenvalue weighted by Crippen LogP contribution is -2.21. The third kappa shape index (κ3) is 3.36. The Morgan fingerprint density at radius 2 is 1.52 bits per heavy atom. The lowest BCUT2D eigenvalue weighted by atomic mass is 9.82. The number of hydrogen-bond acceptors (Lipinski definition) is 1. The molecule has 1 aliphatic rings. The summed E-state index contributed by atoms with van der Waals surface area (Å²) in [7, 11) is 0. The second-order valence-electron chi connectivity index (χ2n) is 6.60. The Hall–Kier alpha value is -1.60. The zero-order valence-corrected chi connectivity index (χ0v) is 13.1. The summed E-state index contributed by atoms with van der Waals surface area (Å²) in [6.07, 6.45) is 0. The Kier molecular flexibility index (Phi) is 4.40. The molecule has 0 spiro atoms. The van der Waals surface area contributed by atoms with Crippen LogP contribution in [0.5, 0.6) is 0 Å². The zero-order chi connectivity index (χ0) is 14.7. The van der Waals surface area contributed by atoms with Gasteiger partial charge in [0, 0.05) is 25.6 Å². The molecule has 2 aromatic rings. The van der Waals surface area contributed by atoms with E-state index in [1.165, 1.54) is 24.2 Å². The Morgan fingerprint density at radius 1 is 0.905 bits per heavy atom. The Morgan fingerprint density at radius 3 is 2.14 bits per heavy atom. The van der Waals surface area contributed by atoms with Crippen LogP contribution in [0.1, 0.15) is 30.9 Å². The molecule has 3 rings (SSSR count). The Balaban J connectivity index is 1.75. The van der Waals surface area contributed by atoms with Crippen LogP contribution < -0.4 is 0 Å². The van der Waals surface area contributed by atoms with E-state index in [9.17, 15) is 0 Å². The van der Waals surface area contributed by atoms with E-state index in [4.69, 9.17) is 0 Å². The summed E-state index contributed by atoms with van der Waals surface area (Å²) in [4.78, 5) is 2.62. The molecule has 0 radical (unpaired) electrons. The summed E-state index contributed by atoms with van der Waals surface area (Å²) in [6.45, 7) is 8.21. The monoisotopic (exact) mass is 279 g/mol. The van der Waals surface area contributed by atoms with Crippen LogP contribution in [0.4, 0.5) is 0 Å². The maximum absolute atomic E-state index is 2.62. The highest BCUT2D eigenvalue weighted by Crippen LogP contribution is 2.37. The normalized spacial score (nSPS) is 22.8. The van der Waals surface area contributed by atoms with Crippen molar-refractivity contribution < 1.29 is 0 Å². The first-order valence-electron chi connectivity index (χ1n) is 8.05. The van der Waals surface area contributed by atoms with Crippen molar-refractivity contribution in [3.05, 3.63) is 71.8 Å². The van der Waals surface area contributed by atoms with Gasteiger partial charge in [-0.15, -0.1) is 0 Å². The van der Waals surface area contributed by atoms with Crippen molar-refractivity contribution in [3.63, 3.8) is 0 Å². The van der Waals surface area contributed by atoms with Crippen LogP contribution in [0.15, 0.2) is 60.7 Å². The molecule has 0 N–H and O–H groups in total. The van der Waals surface area contributed by atoms with Gasteiger partial charge >= 0.3 is 0 Å². The predicted molar refractivity (Wildman–Crippen MR) is 89.2 cm³/mol. The highest BCUT2D eigenvalue weighted by Gasteiger charge is 2.35. The number of benzene rings is 2. The summed E-state index contributed by atoms with van der Waals surface area (Å²) in [5.41, 5.74) is 2.93. The molecule has 0 unspecified atom stereocenters. The van der Waals surface area contributed by atoms with Crippen molar-refractivity contribution in [2.24, 2.45) is 11.8 Å². The van der Waals surface area contributed by atoms with Gasteiger partial charge in [-0.1, -0.05) is 74.5 Å². The Bertz CT molecular complexity index is 547. The van der Waals surface area contributed by atoms with Gasteiger partial charge in [0.25, 0.3) is 0 Å². The fraction of sp³-hybridized carbons (Fsp3) is 0.400. The molecule has 0 aliphatic carbocycles. The van der Waals surface area contributed by atoms with E-state index in [0.717, 1.165) is 18.4 Å². The van der Waals surface area contributed by atoms with E-state index in [-0.39, 0.29) is 0 Å². The van der Waals surface area contributed by atoms with E-state index in [1.54, 1.807) is 0 Å². The third-order valence-corrected chi connectivity index (χ3v) is 4.77. The van der Waals surface area contributed by atoms with Crippen LogP contribution in [0.3, 0.4) is 0 Å². The van der Waals surface area contributed by atoms with Crippen LogP contribution in [0, 0.1) is 11.8 Å². The molecule has 1 saturated heterocycles. The molecule has 2 aromatic carbocycles. The van der Waals surface area contributed by atoms with Gasteiger partial charge in [0.05, 0.1) is 0 Å². The molecular weight excluding hydrogens is 254 g/mol. The quantitative estimate of drug-likeness (QED) is 0.793. The van der Waals surface area contributed by atoms with Crippen LogP contribution in [-0.4, -0.2) is 18.0 Å². The van der Waals surface area contributed by atoms with Crippen molar-refractivity contribution in [3.8, 4) is 0 Å². The molecule has 21 heavy (non-hydrogen) atoms. The van der Waals surface area contributed by atoms with Gasteiger partial charge in [0.1, 0.15) is 0 Å². The number of rotatable bonds is 4. The molecule has 110 valence electrons. The highest BCUT2D eigenvalue weighted by atomic mass is 15.2. The van der Waals surface area contributed by atoms with Crippen molar-refractivity contribution in [1.29, 1.82) is 0 Å². The first-order chi connectivity index (χ1) is 10.2. The predicted octanol–water partition coefficient (Wildman–Crippen LogP) is 4.56. The average Bonchev–Trinajstić information content (AvgIpc) is 2.93. The Labute approximate surface area is 128 Å². The van der Waals surface area contributed by atoms with Crippen molar-refractivity contribution in [1.82, 2.24) is 4.90 Å². The molecule has 1 heteroatoms. The van der Waals surface area contributed by atoms with Crippen molar-refractivity contribution in [2.75, 3.05) is 13.1 Å². The van der Waals surface area contributed by atoms with Gasteiger partial charge in [0.15, 0.2) is 0 Å². The number of likely N-dealkylation sites (tertiary alicyclic amines) is 1. The lowest BCUT2D eigenvalue weighted by Gasteiger charge is -2.22. The summed E-state index contributed by atoms with van der Waals surface area (Å²) in [5, 5.41) is 0. The highest BCUT2D eigenvalue weighted by molar-refractivity contribution is 5.23. The fourth-order valence-corrected chi connectivity index (χ4v) is 3.61. The summed E-state index contributed by atoms with van der Waals surface area (Å²) < 4.78 is 0. The smallest absolute Gasteiger partial charge is 0.0234 e. The molecule has 0 saturated carbocycles. The first kappa shape index (κ1) is 14.3. The lowest BCUT2D eigenvalue weighted by molar-refractivity contribution is 0.296. The minimum Gasteiger partial charge on any atom is -0.298 e. The van der Waals surface area contributed by atoms with Crippen LogP contribution in [-0.2, 0) is 6.54 Å². The average molecular weight is 279 g/mol. The fourth-order valence-electron chi connectivity index (χ4n) is 3.61. The summed E-state index contributed by atoms with van der Waals surface area (Å²) >= 11 is 0. The van der Waals surface area contributed by atoms with Gasteiger partial charge in [-0.3, -0.25) is 4.90 Å². The van der Waals surface area contributed by atoms with E-state index < -0.39 is 0 Å². The van der Waals surface area contributed by atoms with E-state index >= 15 is 0 Å². The summed E-state index contributed by atoms with van der Waals surface area (Å²) in [5.74, 6) is 2.17. The molecule has 1 aliphatic heterocycles. The molecule has 0 bridgehead atoms.